The molecule has 2 nitrogen and oxygen atoms in total. The van der Waals surface area contributed by atoms with E-state index in [9.17, 15) is 0 Å². The van der Waals surface area contributed by atoms with Gasteiger partial charge in [0.2, 0.25) is 0 Å². The highest BCUT2D eigenvalue weighted by molar-refractivity contribution is 7.09. The number of hydrogen-bond donors (Lipinski definition) is 1. The quantitative estimate of drug-likeness (QED) is 0.832. The molecule has 0 fully saturated rings. The Balaban J connectivity index is 2.39. The third kappa shape index (κ3) is 5.28. The Morgan fingerprint density at radius 3 is 2.73 bits per heavy atom. The third-order valence-corrected chi connectivity index (χ3v) is 3.10. The molecule has 86 valence electrons. The molecule has 1 aromatic heterocycles. The minimum atomic E-state index is 0.174. The van der Waals surface area contributed by atoms with Crippen LogP contribution in [-0.4, -0.2) is 10.5 Å². The van der Waals surface area contributed by atoms with Crippen molar-refractivity contribution in [3.05, 3.63) is 16.1 Å². The van der Waals surface area contributed by atoms with Crippen molar-refractivity contribution in [3.63, 3.8) is 0 Å². The maximum atomic E-state index is 4.61. The average molecular weight is 226 g/mol. The van der Waals surface area contributed by atoms with Gasteiger partial charge in [-0.3, -0.25) is 0 Å². The first-order valence-electron chi connectivity index (χ1n) is 5.69. The Kier molecular flexibility index (Phi) is 4.74. The molecule has 0 unspecified atom stereocenters. The second kappa shape index (κ2) is 5.61. The molecule has 0 saturated carbocycles. The minimum absolute atomic E-state index is 0.174. The van der Waals surface area contributed by atoms with Crippen LogP contribution in [0.3, 0.4) is 0 Å². The van der Waals surface area contributed by atoms with Gasteiger partial charge in [-0.05, 0) is 33.6 Å². The second-order valence-corrected chi connectivity index (χ2v) is 5.88. The summed E-state index contributed by atoms with van der Waals surface area (Å²) in [4.78, 5) is 4.61. The number of hydrogen-bond acceptors (Lipinski definition) is 3. The normalized spacial score (nSPS) is 12.0. The molecular formula is C12H22N2S. The summed E-state index contributed by atoms with van der Waals surface area (Å²) in [5.41, 5.74) is 1.36. The summed E-state index contributed by atoms with van der Waals surface area (Å²) in [5, 5.41) is 6.90. The lowest BCUT2D eigenvalue weighted by atomic mass is 10.1. The number of nitrogens with one attached hydrogen (secondary N) is 1. The van der Waals surface area contributed by atoms with Crippen molar-refractivity contribution < 1.29 is 0 Å². The van der Waals surface area contributed by atoms with Crippen molar-refractivity contribution in [1.82, 2.24) is 10.3 Å². The molecule has 0 bridgehead atoms. The van der Waals surface area contributed by atoms with Crippen LogP contribution >= 0.6 is 11.3 Å². The van der Waals surface area contributed by atoms with Gasteiger partial charge in [-0.25, -0.2) is 4.98 Å². The SMILES string of the molecule is CCCCc1nc(CNC(C)(C)C)cs1. The summed E-state index contributed by atoms with van der Waals surface area (Å²) in [5.74, 6) is 0. The lowest BCUT2D eigenvalue weighted by Crippen LogP contribution is -2.35. The third-order valence-electron chi connectivity index (χ3n) is 2.14. The first kappa shape index (κ1) is 12.7. The van der Waals surface area contributed by atoms with Crippen molar-refractivity contribution in [2.45, 2.75) is 59.0 Å². The topological polar surface area (TPSA) is 24.9 Å². The van der Waals surface area contributed by atoms with Crippen LogP contribution in [0.4, 0.5) is 0 Å². The van der Waals surface area contributed by atoms with Crippen LogP contribution in [-0.2, 0) is 13.0 Å². The smallest absolute Gasteiger partial charge is 0.0928 e. The highest BCUT2D eigenvalue weighted by atomic mass is 32.1. The first-order valence-corrected chi connectivity index (χ1v) is 6.57. The molecule has 0 radical (unpaired) electrons. The van der Waals surface area contributed by atoms with Gasteiger partial charge < -0.3 is 5.32 Å². The van der Waals surface area contributed by atoms with E-state index in [4.69, 9.17) is 0 Å². The van der Waals surface area contributed by atoms with E-state index in [1.54, 1.807) is 11.3 Å². The van der Waals surface area contributed by atoms with E-state index in [1.807, 2.05) is 0 Å². The summed E-state index contributed by atoms with van der Waals surface area (Å²) >= 11 is 1.79. The lowest BCUT2D eigenvalue weighted by molar-refractivity contribution is 0.421. The largest absolute Gasteiger partial charge is 0.306 e. The monoisotopic (exact) mass is 226 g/mol. The molecule has 0 aliphatic heterocycles. The minimum Gasteiger partial charge on any atom is -0.306 e. The Morgan fingerprint density at radius 2 is 2.13 bits per heavy atom. The van der Waals surface area contributed by atoms with E-state index in [0.717, 1.165) is 13.0 Å². The zero-order valence-corrected chi connectivity index (χ0v) is 11.1. The highest BCUT2D eigenvalue weighted by Gasteiger charge is 2.09. The molecular weight excluding hydrogens is 204 g/mol. The average Bonchev–Trinajstić information content (AvgIpc) is 2.58. The van der Waals surface area contributed by atoms with Crippen molar-refractivity contribution in [3.8, 4) is 0 Å². The molecule has 15 heavy (non-hydrogen) atoms. The van der Waals surface area contributed by atoms with Gasteiger partial charge in [0.15, 0.2) is 0 Å². The molecule has 1 aromatic rings. The van der Waals surface area contributed by atoms with E-state index >= 15 is 0 Å². The number of aryl methyl sites for hydroxylation is 1. The molecule has 0 atom stereocenters. The van der Waals surface area contributed by atoms with Gasteiger partial charge in [-0.1, -0.05) is 13.3 Å². The van der Waals surface area contributed by atoms with Gasteiger partial charge >= 0.3 is 0 Å². The Labute approximate surface area is 97.1 Å². The Bertz CT molecular complexity index is 286. The van der Waals surface area contributed by atoms with Crippen LogP contribution in [0.2, 0.25) is 0 Å². The Hall–Kier alpha value is -0.410. The molecule has 1 N–H and O–H groups in total. The zero-order chi connectivity index (χ0) is 11.3. The molecule has 0 amide bonds. The van der Waals surface area contributed by atoms with E-state index in [0.29, 0.717) is 0 Å². The molecule has 1 heterocycles. The standard InChI is InChI=1S/C12H22N2S/c1-5-6-7-11-14-10(9-15-11)8-13-12(2,3)4/h9,13H,5-8H2,1-4H3. The van der Waals surface area contributed by atoms with Crippen molar-refractivity contribution in [1.29, 1.82) is 0 Å². The lowest BCUT2D eigenvalue weighted by Gasteiger charge is -2.19. The van der Waals surface area contributed by atoms with Crippen LogP contribution in [0.5, 0.6) is 0 Å². The van der Waals surface area contributed by atoms with Crippen LogP contribution in [0.15, 0.2) is 5.38 Å². The fourth-order valence-electron chi connectivity index (χ4n) is 1.23. The number of aromatic nitrogens is 1. The van der Waals surface area contributed by atoms with E-state index < -0.39 is 0 Å². The summed E-state index contributed by atoms with van der Waals surface area (Å²) in [6, 6.07) is 0. The predicted molar refractivity (Wildman–Crippen MR) is 67.3 cm³/mol. The number of nitrogens with zero attached hydrogens (tertiary/aromatic N) is 1. The molecule has 0 spiro atoms. The number of rotatable bonds is 5. The van der Waals surface area contributed by atoms with Gasteiger partial charge in [0.1, 0.15) is 0 Å². The van der Waals surface area contributed by atoms with Crippen molar-refractivity contribution >= 4 is 11.3 Å². The molecule has 0 saturated heterocycles. The zero-order valence-electron chi connectivity index (χ0n) is 10.3. The van der Waals surface area contributed by atoms with Gasteiger partial charge in [-0.15, -0.1) is 11.3 Å². The van der Waals surface area contributed by atoms with Crippen LogP contribution in [0, 0.1) is 0 Å². The van der Waals surface area contributed by atoms with Crippen molar-refractivity contribution in [2.75, 3.05) is 0 Å². The van der Waals surface area contributed by atoms with Gasteiger partial charge in [0.25, 0.3) is 0 Å². The van der Waals surface area contributed by atoms with Crippen LogP contribution < -0.4 is 5.32 Å². The van der Waals surface area contributed by atoms with Gasteiger partial charge in [0, 0.05) is 17.5 Å². The summed E-state index contributed by atoms with van der Waals surface area (Å²) in [6.07, 6.45) is 3.63. The summed E-state index contributed by atoms with van der Waals surface area (Å²) in [7, 11) is 0. The van der Waals surface area contributed by atoms with Crippen LogP contribution in [0.1, 0.15) is 51.2 Å². The predicted octanol–water partition coefficient (Wildman–Crippen LogP) is 3.37. The first-order chi connectivity index (χ1) is 7.01. The van der Waals surface area contributed by atoms with E-state index in [-0.39, 0.29) is 5.54 Å². The fourth-order valence-corrected chi connectivity index (χ4v) is 2.07. The highest BCUT2D eigenvalue weighted by Crippen LogP contribution is 2.13. The summed E-state index contributed by atoms with van der Waals surface area (Å²) < 4.78 is 0. The number of unbranched alkanes of at least 4 members (excludes halogenated alkanes) is 1. The van der Waals surface area contributed by atoms with Crippen LogP contribution in [0.25, 0.3) is 0 Å². The molecule has 3 heteroatoms. The summed E-state index contributed by atoms with van der Waals surface area (Å²) in [6.45, 7) is 9.63. The Morgan fingerprint density at radius 1 is 1.40 bits per heavy atom. The number of thiazole rings is 1. The van der Waals surface area contributed by atoms with E-state index in [2.05, 4.69) is 43.4 Å². The van der Waals surface area contributed by atoms with Gasteiger partial charge in [0.05, 0.1) is 10.7 Å². The molecule has 0 aliphatic carbocycles. The fraction of sp³-hybridized carbons (Fsp3) is 0.750. The maximum absolute atomic E-state index is 4.61. The molecule has 1 rings (SSSR count). The maximum Gasteiger partial charge on any atom is 0.0928 e. The second-order valence-electron chi connectivity index (χ2n) is 4.94. The van der Waals surface area contributed by atoms with E-state index in [1.165, 1.54) is 23.5 Å². The van der Waals surface area contributed by atoms with Gasteiger partial charge in [-0.2, -0.15) is 0 Å². The molecule has 0 aromatic carbocycles. The van der Waals surface area contributed by atoms with Crippen molar-refractivity contribution in [2.24, 2.45) is 0 Å². The molecule has 0 aliphatic rings.